The number of thiocarbonyl (C=S) groups is 1. The van der Waals surface area contributed by atoms with Gasteiger partial charge < -0.3 is 30.3 Å². The number of nitrogens with zero attached hydrogens (tertiary/aromatic N) is 5. The molecule has 0 radical (unpaired) electrons. The third kappa shape index (κ3) is 5.13. The topological polar surface area (TPSA) is 147 Å². The van der Waals surface area contributed by atoms with Crippen molar-refractivity contribution in [2.75, 3.05) is 23.9 Å². The van der Waals surface area contributed by atoms with Crippen molar-refractivity contribution in [2.45, 2.75) is 24.9 Å². The number of carbonyl (C=O) groups excluding carboxylic acids is 1. The number of hydrogen-bond acceptors (Lipinski definition) is 9. The Morgan fingerprint density at radius 2 is 1.82 bits per heavy atom. The number of benzene rings is 2. The van der Waals surface area contributed by atoms with E-state index in [0.717, 1.165) is 0 Å². The van der Waals surface area contributed by atoms with Crippen molar-refractivity contribution >= 4 is 51.9 Å². The number of hydrogen-bond donors (Lipinski definition) is 4. The zero-order valence-corrected chi connectivity index (χ0v) is 21.1. The maximum atomic E-state index is 13.6. The van der Waals surface area contributed by atoms with Gasteiger partial charge in [-0.1, -0.05) is 36.4 Å². The fourth-order valence-corrected chi connectivity index (χ4v) is 4.18. The van der Waals surface area contributed by atoms with Crippen LogP contribution in [0.1, 0.15) is 12.6 Å². The Morgan fingerprint density at radius 1 is 1.16 bits per heavy atom. The van der Waals surface area contributed by atoms with Gasteiger partial charge in [0.1, 0.15) is 12.3 Å². The summed E-state index contributed by atoms with van der Waals surface area (Å²) >= 11 is 5.20. The van der Waals surface area contributed by atoms with E-state index < -0.39 is 24.5 Å². The van der Waals surface area contributed by atoms with Gasteiger partial charge >= 0.3 is 6.09 Å². The molecule has 12 nitrogen and oxygen atoms in total. The molecule has 13 heteroatoms. The SMILES string of the molecule is CNC(=S)Nc1nc(OC(=O)N(c2ccccc2)c2ccccc2)c2ncn([C@H]3C[C@H](O)[C@@H](CO)O3)c2n1. The molecular weight excluding hydrogens is 510 g/mol. The van der Waals surface area contributed by atoms with Gasteiger partial charge in [0.05, 0.1) is 30.4 Å². The van der Waals surface area contributed by atoms with Crippen LogP contribution in [0.3, 0.4) is 0 Å². The van der Waals surface area contributed by atoms with Gasteiger partial charge in [0, 0.05) is 13.5 Å². The summed E-state index contributed by atoms with van der Waals surface area (Å²) in [5.74, 6) is -0.0427. The number of aromatic nitrogens is 4. The number of fused-ring (bicyclic) bond motifs is 1. The second kappa shape index (κ2) is 11.1. The minimum Gasteiger partial charge on any atom is -0.394 e. The standard InChI is InChI=1S/C25H25N7O5S/c1-26-24(38)30-23-28-21-20(27-14-31(21)19-12-17(34)18(13-33)36-19)22(29-23)37-25(35)32(15-8-4-2-5-9-15)16-10-6-3-7-11-16/h2-11,14,17-19,33-34H,12-13H2,1H3,(H2,26,28,29,30,38)/t17-,18+,19+/m0/s1. The quantitative estimate of drug-likeness (QED) is 0.270. The van der Waals surface area contributed by atoms with Crippen LogP contribution in [0.2, 0.25) is 0 Å². The van der Waals surface area contributed by atoms with Crippen molar-refractivity contribution in [1.82, 2.24) is 24.8 Å². The highest BCUT2D eigenvalue weighted by molar-refractivity contribution is 7.80. The third-order valence-corrected chi connectivity index (χ3v) is 6.24. The maximum absolute atomic E-state index is 13.6. The molecular formula is C25H25N7O5S. The molecule has 1 aliphatic rings. The number of carbonyl (C=O) groups is 1. The Kier molecular flexibility index (Phi) is 7.42. The highest BCUT2D eigenvalue weighted by atomic mass is 32.1. The van der Waals surface area contributed by atoms with Crippen LogP contribution in [0.4, 0.5) is 22.1 Å². The van der Waals surface area contributed by atoms with Gasteiger partial charge in [0.15, 0.2) is 16.3 Å². The first-order chi connectivity index (χ1) is 18.5. The summed E-state index contributed by atoms with van der Waals surface area (Å²) in [4.78, 5) is 28.2. The molecule has 1 amide bonds. The predicted molar refractivity (Wildman–Crippen MR) is 143 cm³/mol. The van der Waals surface area contributed by atoms with E-state index >= 15 is 0 Å². The molecule has 1 saturated heterocycles. The molecule has 0 spiro atoms. The number of imidazole rings is 1. The molecule has 4 aromatic rings. The first kappa shape index (κ1) is 25.5. The molecule has 5 rings (SSSR count). The Morgan fingerprint density at radius 3 is 2.39 bits per heavy atom. The van der Waals surface area contributed by atoms with Crippen LogP contribution < -0.4 is 20.3 Å². The second-order valence-electron chi connectivity index (χ2n) is 8.37. The van der Waals surface area contributed by atoms with Crippen LogP contribution in [0, 0.1) is 0 Å². The molecule has 2 aromatic heterocycles. The van der Waals surface area contributed by atoms with Crippen LogP contribution in [0.15, 0.2) is 67.0 Å². The Balaban J connectivity index is 1.55. The van der Waals surface area contributed by atoms with Crippen molar-refractivity contribution in [3.8, 4) is 5.88 Å². The molecule has 1 fully saturated rings. The number of amides is 1. The van der Waals surface area contributed by atoms with Gasteiger partial charge in [0.25, 0.3) is 5.88 Å². The van der Waals surface area contributed by atoms with Crippen molar-refractivity contribution in [2.24, 2.45) is 0 Å². The molecule has 196 valence electrons. The molecule has 0 saturated carbocycles. The van der Waals surface area contributed by atoms with Gasteiger partial charge in [-0.3, -0.25) is 4.57 Å². The van der Waals surface area contributed by atoms with Crippen LogP contribution in [0.5, 0.6) is 5.88 Å². The lowest BCUT2D eigenvalue weighted by molar-refractivity contribution is -0.0432. The van der Waals surface area contributed by atoms with Gasteiger partial charge in [-0.15, -0.1) is 0 Å². The van der Waals surface area contributed by atoms with Crippen molar-refractivity contribution < 1.29 is 24.5 Å². The van der Waals surface area contributed by atoms with Crippen molar-refractivity contribution in [1.29, 1.82) is 0 Å². The second-order valence-corrected chi connectivity index (χ2v) is 8.78. The van der Waals surface area contributed by atoms with Crippen LogP contribution in [-0.2, 0) is 4.74 Å². The van der Waals surface area contributed by atoms with E-state index in [1.807, 2.05) is 36.4 Å². The van der Waals surface area contributed by atoms with Gasteiger partial charge in [-0.25, -0.2) is 14.7 Å². The van der Waals surface area contributed by atoms with Gasteiger partial charge in [-0.2, -0.15) is 9.97 Å². The monoisotopic (exact) mass is 535 g/mol. The lowest BCUT2D eigenvalue weighted by Crippen LogP contribution is -2.30. The van der Waals surface area contributed by atoms with E-state index in [9.17, 15) is 15.0 Å². The van der Waals surface area contributed by atoms with Crippen LogP contribution in [0.25, 0.3) is 11.2 Å². The Hall–Kier alpha value is -4.17. The van der Waals surface area contributed by atoms with E-state index in [1.54, 1.807) is 35.9 Å². The molecule has 0 bridgehead atoms. The molecule has 38 heavy (non-hydrogen) atoms. The Labute approximate surface area is 222 Å². The van der Waals surface area contributed by atoms with E-state index in [2.05, 4.69) is 25.6 Å². The van der Waals surface area contributed by atoms with Crippen molar-refractivity contribution in [3.05, 3.63) is 67.0 Å². The molecule has 1 aliphatic heterocycles. The number of ether oxygens (including phenoxy) is 2. The predicted octanol–water partition coefficient (Wildman–Crippen LogP) is 2.72. The summed E-state index contributed by atoms with van der Waals surface area (Å²) in [7, 11) is 1.64. The van der Waals surface area contributed by atoms with E-state index in [4.69, 9.17) is 21.7 Å². The first-order valence-electron chi connectivity index (χ1n) is 11.8. The minimum absolute atomic E-state index is 0.0598. The summed E-state index contributed by atoms with van der Waals surface area (Å²) < 4.78 is 13.2. The number of rotatable bonds is 6. The summed E-state index contributed by atoms with van der Waals surface area (Å²) in [5.41, 5.74) is 1.67. The molecule has 0 unspecified atom stereocenters. The fourth-order valence-electron chi connectivity index (χ4n) is 4.09. The lowest BCUT2D eigenvalue weighted by Gasteiger charge is -2.22. The third-order valence-electron chi connectivity index (χ3n) is 5.93. The zero-order chi connectivity index (χ0) is 26.6. The summed E-state index contributed by atoms with van der Waals surface area (Å²) in [6.45, 7) is -0.333. The average Bonchev–Trinajstić information content (AvgIpc) is 3.53. The average molecular weight is 536 g/mol. The summed E-state index contributed by atoms with van der Waals surface area (Å²) in [6, 6.07) is 18.1. The first-order valence-corrected chi connectivity index (χ1v) is 12.2. The molecule has 0 aliphatic carbocycles. The number of para-hydroxylation sites is 2. The smallest absolute Gasteiger partial charge is 0.394 e. The number of aliphatic hydroxyl groups excluding tert-OH is 2. The van der Waals surface area contributed by atoms with Crippen LogP contribution in [-0.4, -0.2) is 66.8 Å². The van der Waals surface area contributed by atoms with Gasteiger partial charge in [0.2, 0.25) is 5.95 Å². The molecule has 3 atom stereocenters. The van der Waals surface area contributed by atoms with E-state index in [0.29, 0.717) is 11.4 Å². The molecule has 4 N–H and O–H groups in total. The van der Waals surface area contributed by atoms with Crippen molar-refractivity contribution in [3.63, 3.8) is 0 Å². The summed E-state index contributed by atoms with van der Waals surface area (Å²) in [6.07, 6.45) is -1.30. The Bertz CT molecular complexity index is 1400. The number of anilines is 3. The number of aliphatic hydroxyl groups is 2. The normalized spacial score (nSPS) is 18.8. The summed E-state index contributed by atoms with van der Waals surface area (Å²) in [5, 5.41) is 25.6. The highest BCUT2D eigenvalue weighted by Crippen LogP contribution is 2.34. The number of nitrogens with one attached hydrogen (secondary N) is 2. The highest BCUT2D eigenvalue weighted by Gasteiger charge is 2.36. The largest absolute Gasteiger partial charge is 0.425 e. The van der Waals surface area contributed by atoms with E-state index in [1.165, 1.54) is 11.2 Å². The maximum Gasteiger partial charge on any atom is 0.425 e. The zero-order valence-electron chi connectivity index (χ0n) is 20.3. The van der Waals surface area contributed by atoms with E-state index in [-0.39, 0.29) is 41.1 Å². The minimum atomic E-state index is -0.860. The van der Waals surface area contributed by atoms with Crippen LogP contribution >= 0.6 is 12.2 Å². The fraction of sp³-hybridized carbons (Fsp3) is 0.240. The molecule has 3 heterocycles. The van der Waals surface area contributed by atoms with Gasteiger partial charge in [-0.05, 0) is 36.5 Å². The lowest BCUT2D eigenvalue weighted by atomic mass is 10.2. The molecule has 2 aromatic carbocycles.